The highest BCUT2D eigenvalue weighted by molar-refractivity contribution is 6.24. The molecule has 266 valence electrons. The molecule has 0 spiro atoms. The van der Waals surface area contributed by atoms with Crippen molar-refractivity contribution in [1.29, 1.82) is 0 Å². The highest BCUT2D eigenvalue weighted by Gasteiger charge is 2.22. The molecule has 3 heteroatoms. The van der Waals surface area contributed by atoms with Crippen LogP contribution in [0.5, 0.6) is 0 Å². The Hall–Kier alpha value is -7.62. The van der Waals surface area contributed by atoms with Gasteiger partial charge in [0.1, 0.15) is 0 Å². The average molecular weight is 727 g/mol. The van der Waals surface area contributed by atoms with Crippen LogP contribution < -0.4 is 5.56 Å². The smallest absolute Gasteiger partial charge is 0.263 e. The molecule has 0 unspecified atom stereocenters. The molecule has 0 atom stereocenters. The lowest BCUT2D eigenvalue weighted by Gasteiger charge is -2.15. The molecule has 0 fully saturated rings. The summed E-state index contributed by atoms with van der Waals surface area (Å²) in [5, 5.41) is 4.84. The van der Waals surface area contributed by atoms with E-state index in [9.17, 15) is 4.79 Å². The number of benzene rings is 8. The van der Waals surface area contributed by atoms with Gasteiger partial charge in [-0.25, -0.2) is 4.98 Å². The predicted molar refractivity (Wildman–Crippen MR) is 238 cm³/mol. The Balaban J connectivity index is 1.18. The summed E-state index contributed by atoms with van der Waals surface area (Å²) in [6.45, 7) is 0. The number of fused-ring (bicyclic) bond motifs is 5. The fourth-order valence-electron chi connectivity index (χ4n) is 8.61. The molecular weight excluding hydrogens is 693 g/mol. The van der Waals surface area contributed by atoms with Crippen LogP contribution >= 0.6 is 0 Å². The van der Waals surface area contributed by atoms with Crippen molar-refractivity contribution in [2.45, 2.75) is 0 Å². The molecule has 3 aromatic heterocycles. The molecule has 0 N–H and O–H groups in total. The molecule has 0 bridgehead atoms. The summed E-state index contributed by atoms with van der Waals surface area (Å²) in [6, 6.07) is 72.0. The normalized spacial score (nSPS) is 11.6. The zero-order valence-electron chi connectivity index (χ0n) is 30.9. The van der Waals surface area contributed by atoms with Crippen molar-refractivity contribution in [3.63, 3.8) is 0 Å². The van der Waals surface area contributed by atoms with Gasteiger partial charge in [0.05, 0.1) is 22.4 Å². The molecule has 0 aliphatic carbocycles. The van der Waals surface area contributed by atoms with Gasteiger partial charge in [-0.05, 0) is 92.4 Å². The monoisotopic (exact) mass is 726 g/mol. The number of aromatic nitrogens is 2. The van der Waals surface area contributed by atoms with E-state index in [-0.39, 0.29) is 5.56 Å². The number of rotatable bonds is 6. The molecule has 11 rings (SSSR count). The molecule has 0 radical (unpaired) electrons. The second-order valence-electron chi connectivity index (χ2n) is 14.7. The minimum atomic E-state index is -0.0138. The van der Waals surface area contributed by atoms with Gasteiger partial charge in [-0.15, -0.1) is 0 Å². The van der Waals surface area contributed by atoms with Gasteiger partial charge in [0.25, 0.3) is 5.56 Å². The summed E-state index contributed by atoms with van der Waals surface area (Å²) in [7, 11) is 0. The van der Waals surface area contributed by atoms with Gasteiger partial charge in [-0.1, -0.05) is 164 Å². The fraction of sp³-hybridized carbons (Fsp3) is 0. The van der Waals surface area contributed by atoms with Gasteiger partial charge in [-0.3, -0.25) is 9.20 Å². The topological polar surface area (TPSA) is 34.4 Å². The van der Waals surface area contributed by atoms with Crippen molar-refractivity contribution < 1.29 is 0 Å². The van der Waals surface area contributed by atoms with Crippen molar-refractivity contribution in [2.24, 2.45) is 0 Å². The van der Waals surface area contributed by atoms with Crippen molar-refractivity contribution in [3.05, 3.63) is 217 Å². The third-order valence-electron chi connectivity index (χ3n) is 11.3. The molecule has 0 saturated heterocycles. The molecule has 8 aromatic carbocycles. The Bertz CT molecular complexity index is 3220. The van der Waals surface area contributed by atoms with Crippen LogP contribution in [0.15, 0.2) is 211 Å². The van der Waals surface area contributed by atoms with Gasteiger partial charge in [0.15, 0.2) is 0 Å². The summed E-state index contributed by atoms with van der Waals surface area (Å²) in [6.07, 6.45) is 0. The summed E-state index contributed by atoms with van der Waals surface area (Å²) >= 11 is 0. The molecule has 0 saturated carbocycles. The Morgan fingerprint density at radius 2 is 0.807 bits per heavy atom. The largest absolute Gasteiger partial charge is 0.275 e. The van der Waals surface area contributed by atoms with Crippen LogP contribution in [-0.2, 0) is 0 Å². The maximum atomic E-state index is 14.8. The Kier molecular flexibility index (Phi) is 7.65. The average Bonchev–Trinajstić information content (AvgIpc) is 3.63. The van der Waals surface area contributed by atoms with Crippen molar-refractivity contribution in [1.82, 2.24) is 9.38 Å². The molecular formula is C54H34N2O. The lowest BCUT2D eigenvalue weighted by molar-refractivity contribution is 1.21. The van der Waals surface area contributed by atoms with Crippen LogP contribution in [-0.4, -0.2) is 9.38 Å². The van der Waals surface area contributed by atoms with E-state index in [2.05, 4.69) is 152 Å². The number of pyridine rings is 2. The molecule has 3 nitrogen and oxygen atoms in total. The molecule has 0 aliphatic heterocycles. The van der Waals surface area contributed by atoms with Crippen LogP contribution in [0.2, 0.25) is 0 Å². The molecule has 57 heavy (non-hydrogen) atoms. The summed E-state index contributed by atoms with van der Waals surface area (Å²) < 4.78 is 1.96. The maximum absolute atomic E-state index is 14.8. The zero-order chi connectivity index (χ0) is 37.9. The first kappa shape index (κ1) is 32.8. The van der Waals surface area contributed by atoms with Crippen LogP contribution in [0.1, 0.15) is 0 Å². The van der Waals surface area contributed by atoms with Gasteiger partial charge in [0, 0.05) is 32.7 Å². The van der Waals surface area contributed by atoms with E-state index in [1.807, 2.05) is 59.0 Å². The van der Waals surface area contributed by atoms with Gasteiger partial charge < -0.3 is 0 Å². The van der Waals surface area contributed by atoms with Crippen LogP contribution in [0.25, 0.3) is 105 Å². The summed E-state index contributed by atoms with van der Waals surface area (Å²) in [5.41, 5.74) is 14.6. The minimum absolute atomic E-state index is 0.0138. The Morgan fingerprint density at radius 3 is 1.39 bits per heavy atom. The van der Waals surface area contributed by atoms with E-state index in [1.165, 1.54) is 0 Å². The SMILES string of the molecule is O=c1c2ccccc2c2c(-c3cc(-c4ccccc4)cc(-c4ccccc4)c3)ccc3c4ccc(-c5cc(-c6ccccc6)nc(-c6ccccc6)c5)cc4n1c32. The van der Waals surface area contributed by atoms with Gasteiger partial charge in [-0.2, -0.15) is 0 Å². The van der Waals surface area contributed by atoms with E-state index < -0.39 is 0 Å². The molecule has 3 heterocycles. The second kappa shape index (κ2) is 13.3. The van der Waals surface area contributed by atoms with Crippen LogP contribution in [0.4, 0.5) is 0 Å². The standard InChI is InChI=1S/C54H34N2O/c57-54-48-24-14-13-23-46(48)52-44(43-30-40(35-15-5-1-6-16-35)29-41(31-43)36-17-7-2-8-18-36)27-28-47-45-26-25-39(34-51(45)56(54)53(47)52)42-32-49(37-19-9-3-10-20-37)55-50(33-42)38-21-11-4-12-22-38/h1-34H. The number of hydrogen-bond acceptors (Lipinski definition) is 2. The van der Waals surface area contributed by atoms with Crippen molar-refractivity contribution >= 4 is 38.0 Å². The van der Waals surface area contributed by atoms with E-state index in [4.69, 9.17) is 4.98 Å². The summed E-state index contributed by atoms with van der Waals surface area (Å²) in [5.74, 6) is 0. The van der Waals surface area contributed by atoms with Gasteiger partial charge >= 0.3 is 0 Å². The maximum Gasteiger partial charge on any atom is 0.263 e. The van der Waals surface area contributed by atoms with Crippen molar-refractivity contribution in [3.8, 4) is 67.0 Å². The van der Waals surface area contributed by atoms with E-state index in [0.29, 0.717) is 5.39 Å². The lowest BCUT2D eigenvalue weighted by Crippen LogP contribution is -2.13. The lowest BCUT2D eigenvalue weighted by atomic mass is 9.90. The first-order valence-electron chi connectivity index (χ1n) is 19.3. The molecule has 0 amide bonds. The van der Waals surface area contributed by atoms with Crippen molar-refractivity contribution in [2.75, 3.05) is 0 Å². The third-order valence-corrected chi connectivity index (χ3v) is 11.3. The predicted octanol–water partition coefficient (Wildman–Crippen LogP) is 13.6. The number of nitrogens with zero attached hydrogens (tertiary/aromatic N) is 2. The zero-order valence-corrected chi connectivity index (χ0v) is 30.9. The minimum Gasteiger partial charge on any atom is -0.275 e. The van der Waals surface area contributed by atoms with Crippen LogP contribution in [0.3, 0.4) is 0 Å². The summed E-state index contributed by atoms with van der Waals surface area (Å²) in [4.78, 5) is 19.9. The fourth-order valence-corrected chi connectivity index (χ4v) is 8.61. The second-order valence-corrected chi connectivity index (χ2v) is 14.7. The highest BCUT2D eigenvalue weighted by Crippen LogP contribution is 2.43. The van der Waals surface area contributed by atoms with E-state index in [1.54, 1.807) is 0 Å². The van der Waals surface area contributed by atoms with Crippen LogP contribution in [0, 0.1) is 0 Å². The first-order chi connectivity index (χ1) is 28.2. The Morgan fingerprint density at radius 1 is 0.333 bits per heavy atom. The van der Waals surface area contributed by atoms with E-state index >= 15 is 0 Å². The molecule has 0 aliphatic rings. The first-order valence-corrected chi connectivity index (χ1v) is 19.3. The quantitative estimate of drug-likeness (QED) is 0.160. The number of hydrogen-bond donors (Lipinski definition) is 0. The third kappa shape index (κ3) is 5.51. The van der Waals surface area contributed by atoms with E-state index in [0.717, 1.165) is 99.6 Å². The highest BCUT2D eigenvalue weighted by atomic mass is 16.1. The van der Waals surface area contributed by atoms with Gasteiger partial charge in [0.2, 0.25) is 0 Å². The molecule has 11 aromatic rings. The Labute approximate surface area is 329 Å².